The van der Waals surface area contributed by atoms with E-state index >= 15 is 0 Å². The highest BCUT2D eigenvalue weighted by Crippen LogP contribution is 2.42. The largest absolute Gasteiger partial charge is 0.212 e. The van der Waals surface area contributed by atoms with Crippen LogP contribution in [0.25, 0.3) is 11.3 Å². The highest BCUT2D eigenvalue weighted by atomic mass is 14.9. The van der Waals surface area contributed by atoms with Crippen molar-refractivity contribution in [1.29, 1.82) is 0 Å². The summed E-state index contributed by atoms with van der Waals surface area (Å²) in [6, 6.07) is 11.2. The van der Waals surface area contributed by atoms with Crippen molar-refractivity contribution >= 4 is 0 Å². The van der Waals surface area contributed by atoms with Crippen molar-refractivity contribution in [3.63, 3.8) is 0 Å². The van der Waals surface area contributed by atoms with Crippen LogP contribution in [-0.4, -0.2) is 0 Å². The lowest BCUT2D eigenvalue weighted by molar-refractivity contribution is -0.661. The average Bonchev–Trinajstić information content (AvgIpc) is 2.48. The van der Waals surface area contributed by atoms with Gasteiger partial charge in [-0.25, -0.2) is 4.57 Å². The Bertz CT molecular complexity index is 684. The predicted octanol–water partition coefficient (Wildman–Crippen LogP) is 5.12. The second-order valence-corrected chi connectivity index (χ2v) is 7.32. The number of hydrogen-bond donors (Lipinski definition) is 0. The zero-order valence-electron chi connectivity index (χ0n) is 14.6. The molecule has 116 valence electrons. The van der Waals surface area contributed by atoms with Gasteiger partial charge >= 0.3 is 0 Å². The summed E-state index contributed by atoms with van der Waals surface area (Å²) in [5.41, 5.74) is 7.20. The Balaban J connectivity index is 2.19. The van der Waals surface area contributed by atoms with Crippen LogP contribution in [0, 0.1) is 12.8 Å². The fourth-order valence-electron chi connectivity index (χ4n) is 3.98. The second kappa shape index (κ2) is 5.87. The van der Waals surface area contributed by atoms with Crippen molar-refractivity contribution in [2.24, 2.45) is 13.0 Å². The molecule has 2 unspecified atom stereocenters. The molecule has 0 fully saturated rings. The van der Waals surface area contributed by atoms with Gasteiger partial charge in [-0.3, -0.25) is 0 Å². The van der Waals surface area contributed by atoms with E-state index < -0.39 is 0 Å². The molecule has 3 rings (SSSR count). The van der Waals surface area contributed by atoms with Gasteiger partial charge in [0.15, 0.2) is 6.20 Å². The van der Waals surface area contributed by atoms with Crippen LogP contribution >= 0.6 is 0 Å². The van der Waals surface area contributed by atoms with Crippen LogP contribution in [-0.2, 0) is 7.05 Å². The van der Waals surface area contributed by atoms with Gasteiger partial charge in [-0.05, 0) is 54.7 Å². The van der Waals surface area contributed by atoms with Gasteiger partial charge in [-0.2, -0.15) is 0 Å². The van der Waals surface area contributed by atoms with Crippen LogP contribution < -0.4 is 4.57 Å². The molecule has 0 N–H and O–H groups in total. The van der Waals surface area contributed by atoms with E-state index in [4.69, 9.17) is 0 Å². The number of benzene rings is 1. The van der Waals surface area contributed by atoms with Crippen molar-refractivity contribution in [2.45, 2.75) is 52.4 Å². The van der Waals surface area contributed by atoms with Crippen LogP contribution in [0.15, 0.2) is 36.5 Å². The van der Waals surface area contributed by atoms with Crippen molar-refractivity contribution in [1.82, 2.24) is 0 Å². The van der Waals surface area contributed by atoms with E-state index in [2.05, 4.69) is 75.8 Å². The molecule has 1 aromatic carbocycles. The van der Waals surface area contributed by atoms with Crippen molar-refractivity contribution in [2.75, 3.05) is 0 Å². The molecule has 1 aliphatic rings. The molecule has 2 aromatic rings. The number of fused-ring (bicyclic) bond motifs is 1. The Labute approximate surface area is 135 Å². The van der Waals surface area contributed by atoms with Crippen LogP contribution in [0.1, 0.15) is 62.1 Å². The van der Waals surface area contributed by atoms with Gasteiger partial charge < -0.3 is 0 Å². The molecule has 1 heterocycles. The summed E-state index contributed by atoms with van der Waals surface area (Å²) < 4.78 is 2.32. The standard InChI is InChI=1S/C21H28N/c1-14(2)17-11-10-16(4)20-13-22(5)21(12-19(17)20)18-9-7-6-8-15(18)3/h6-9,12-14,16-17H,10-11H2,1-5H3/q+1. The maximum absolute atomic E-state index is 2.47. The minimum Gasteiger partial charge on any atom is -0.201 e. The fourth-order valence-corrected chi connectivity index (χ4v) is 3.98. The topological polar surface area (TPSA) is 3.88 Å². The van der Waals surface area contributed by atoms with Crippen LogP contribution in [0.2, 0.25) is 0 Å². The van der Waals surface area contributed by atoms with Gasteiger partial charge in [-0.1, -0.05) is 39.0 Å². The predicted molar refractivity (Wildman–Crippen MR) is 93.0 cm³/mol. The minimum atomic E-state index is 0.683. The Morgan fingerprint density at radius 3 is 2.50 bits per heavy atom. The summed E-state index contributed by atoms with van der Waals surface area (Å²) >= 11 is 0. The zero-order valence-corrected chi connectivity index (χ0v) is 14.6. The number of nitrogens with zero attached hydrogens (tertiary/aromatic N) is 1. The lowest BCUT2D eigenvalue weighted by Gasteiger charge is -2.31. The van der Waals surface area contributed by atoms with Gasteiger partial charge in [0.1, 0.15) is 7.05 Å². The Kier molecular flexibility index (Phi) is 4.08. The van der Waals surface area contributed by atoms with Gasteiger partial charge in [-0.15, -0.1) is 0 Å². The smallest absolute Gasteiger partial charge is 0.201 e. The molecular weight excluding hydrogens is 266 g/mol. The molecule has 0 spiro atoms. The van der Waals surface area contributed by atoms with E-state index in [0.29, 0.717) is 17.8 Å². The van der Waals surface area contributed by atoms with Gasteiger partial charge in [0.2, 0.25) is 5.69 Å². The molecular formula is C21H28N+. The molecule has 1 nitrogen and oxygen atoms in total. The van der Waals surface area contributed by atoms with Crippen LogP contribution in [0.3, 0.4) is 0 Å². The highest BCUT2D eigenvalue weighted by Gasteiger charge is 2.30. The molecule has 0 amide bonds. The summed E-state index contributed by atoms with van der Waals surface area (Å²) in [5, 5.41) is 0. The van der Waals surface area contributed by atoms with Crippen molar-refractivity contribution in [3.8, 4) is 11.3 Å². The quantitative estimate of drug-likeness (QED) is 0.677. The highest BCUT2D eigenvalue weighted by molar-refractivity contribution is 5.62. The third-order valence-corrected chi connectivity index (χ3v) is 5.41. The first-order valence-corrected chi connectivity index (χ1v) is 8.58. The number of aryl methyl sites for hydroxylation is 2. The summed E-state index contributed by atoms with van der Waals surface area (Å²) in [6.45, 7) is 9.32. The Morgan fingerprint density at radius 2 is 1.82 bits per heavy atom. The van der Waals surface area contributed by atoms with Gasteiger partial charge in [0, 0.05) is 17.2 Å². The third-order valence-electron chi connectivity index (χ3n) is 5.41. The Morgan fingerprint density at radius 1 is 1.09 bits per heavy atom. The lowest BCUT2D eigenvalue weighted by Crippen LogP contribution is -2.34. The summed E-state index contributed by atoms with van der Waals surface area (Å²) in [5.74, 6) is 2.10. The lowest BCUT2D eigenvalue weighted by atomic mass is 9.73. The molecule has 0 saturated carbocycles. The maximum Gasteiger partial charge on any atom is 0.212 e. The SMILES string of the molecule is Cc1ccccc1-c1cc2c(c[n+]1C)C(C)CCC2C(C)C. The minimum absolute atomic E-state index is 0.683. The van der Waals surface area contributed by atoms with Gasteiger partial charge in [0.25, 0.3) is 0 Å². The zero-order chi connectivity index (χ0) is 15.9. The summed E-state index contributed by atoms with van der Waals surface area (Å²) in [4.78, 5) is 0. The van der Waals surface area contributed by atoms with E-state index in [9.17, 15) is 0 Å². The molecule has 0 bridgehead atoms. The summed E-state index contributed by atoms with van der Waals surface area (Å²) in [7, 11) is 2.19. The van der Waals surface area contributed by atoms with Crippen molar-refractivity contribution < 1.29 is 4.57 Å². The number of hydrogen-bond acceptors (Lipinski definition) is 0. The molecule has 0 saturated heterocycles. The van der Waals surface area contributed by atoms with Crippen LogP contribution in [0.5, 0.6) is 0 Å². The van der Waals surface area contributed by atoms with E-state index in [1.807, 2.05) is 0 Å². The first kappa shape index (κ1) is 15.3. The third kappa shape index (κ3) is 2.58. The Hall–Kier alpha value is -1.63. The molecule has 1 heteroatoms. The first-order valence-electron chi connectivity index (χ1n) is 8.58. The molecule has 1 aliphatic carbocycles. The normalized spacial score (nSPS) is 21.0. The fraction of sp³-hybridized carbons (Fsp3) is 0.476. The summed E-state index contributed by atoms with van der Waals surface area (Å²) in [6.07, 6.45) is 5.03. The number of pyridine rings is 1. The maximum atomic E-state index is 2.47. The van der Waals surface area contributed by atoms with E-state index in [-0.39, 0.29) is 0 Å². The average molecular weight is 294 g/mol. The molecule has 0 radical (unpaired) electrons. The first-order chi connectivity index (χ1) is 10.5. The van der Waals surface area contributed by atoms with Crippen molar-refractivity contribution in [3.05, 3.63) is 53.2 Å². The molecule has 0 aliphatic heterocycles. The van der Waals surface area contributed by atoms with E-state index in [1.54, 1.807) is 11.1 Å². The van der Waals surface area contributed by atoms with Gasteiger partial charge in [0.05, 0.1) is 0 Å². The van der Waals surface area contributed by atoms with E-state index in [1.165, 1.54) is 29.7 Å². The molecule has 2 atom stereocenters. The van der Waals surface area contributed by atoms with Crippen LogP contribution in [0.4, 0.5) is 0 Å². The number of aromatic nitrogens is 1. The molecule has 1 aromatic heterocycles. The number of rotatable bonds is 2. The second-order valence-electron chi connectivity index (χ2n) is 7.32. The molecule has 22 heavy (non-hydrogen) atoms. The van der Waals surface area contributed by atoms with E-state index in [0.717, 1.165) is 0 Å². The monoisotopic (exact) mass is 294 g/mol.